The normalized spacial score (nSPS) is 18.4. The quantitative estimate of drug-likeness (QED) is 0.701. The summed E-state index contributed by atoms with van der Waals surface area (Å²) < 4.78 is 24.8. The van der Waals surface area contributed by atoms with Crippen LogP contribution in [-0.2, 0) is 11.2 Å². The third kappa shape index (κ3) is 4.42. The summed E-state index contributed by atoms with van der Waals surface area (Å²) in [4.78, 5) is 16.7. The molecule has 0 radical (unpaired) electrons. The lowest BCUT2D eigenvalue weighted by Gasteiger charge is -2.35. The Labute approximate surface area is 176 Å². The van der Waals surface area contributed by atoms with Gasteiger partial charge in [0.1, 0.15) is 23.4 Å². The minimum Gasteiger partial charge on any atom is -0.493 e. The van der Waals surface area contributed by atoms with Crippen LogP contribution in [0.1, 0.15) is 25.0 Å². The topological polar surface area (TPSA) is 42.0 Å². The fourth-order valence-corrected chi connectivity index (χ4v) is 3.97. The molecule has 4 rings (SSSR count). The molecule has 158 valence electrons. The molecule has 0 aliphatic carbocycles. The fraction of sp³-hybridized carbons (Fsp3) is 0.375. The van der Waals surface area contributed by atoms with Crippen molar-refractivity contribution in [2.24, 2.45) is 0 Å². The minimum absolute atomic E-state index is 0.0222. The number of carbonyl (C=O) groups is 1. The van der Waals surface area contributed by atoms with Gasteiger partial charge >= 0.3 is 0 Å². The number of fused-ring (bicyclic) bond motifs is 1. The zero-order valence-corrected chi connectivity index (χ0v) is 17.4. The van der Waals surface area contributed by atoms with E-state index in [-0.39, 0.29) is 17.8 Å². The Hall–Kier alpha value is -3.02. The zero-order valence-electron chi connectivity index (χ0n) is 17.4. The first-order chi connectivity index (χ1) is 14.5. The van der Waals surface area contributed by atoms with Gasteiger partial charge in [0, 0.05) is 55.5 Å². The Balaban J connectivity index is 1.41. The molecule has 0 N–H and O–H groups in total. The number of benzene rings is 2. The molecule has 1 fully saturated rings. The van der Waals surface area contributed by atoms with Gasteiger partial charge in [-0.15, -0.1) is 0 Å². The third-order valence-electron chi connectivity index (χ3n) is 5.52. The summed E-state index contributed by atoms with van der Waals surface area (Å²) in [5.74, 6) is 1.38. The molecule has 2 aliphatic rings. The molecule has 1 saturated heterocycles. The second kappa shape index (κ2) is 8.78. The van der Waals surface area contributed by atoms with Crippen molar-refractivity contribution in [3.05, 3.63) is 59.4 Å². The van der Waals surface area contributed by atoms with Crippen LogP contribution in [0.15, 0.2) is 42.5 Å². The van der Waals surface area contributed by atoms with Crippen molar-refractivity contribution in [1.29, 1.82) is 0 Å². The summed E-state index contributed by atoms with van der Waals surface area (Å²) >= 11 is 0. The first-order valence-electron chi connectivity index (χ1n) is 10.5. The number of ether oxygens (including phenoxy) is 2. The summed E-state index contributed by atoms with van der Waals surface area (Å²) in [6.07, 6.45) is 4.45. The molecule has 1 atom stereocenters. The van der Waals surface area contributed by atoms with E-state index in [1.54, 1.807) is 18.2 Å². The molecule has 0 aromatic heterocycles. The highest BCUT2D eigenvalue weighted by Gasteiger charge is 2.22. The van der Waals surface area contributed by atoms with Crippen LogP contribution in [0.4, 0.5) is 10.1 Å². The minimum atomic E-state index is -0.240. The standard InChI is InChI=1S/C24H27FN2O3/c1-3-29-22-16-19-14-17(2)30-23(19)15-18(22)4-9-24(28)27-12-10-26(11-13-27)21-7-5-20(25)6-8-21/h4-9,15-17H,3,10-14H2,1-2H3/b9-4+/t17-/m0/s1. The smallest absolute Gasteiger partial charge is 0.246 e. The predicted molar refractivity (Wildman–Crippen MR) is 116 cm³/mol. The number of rotatable bonds is 5. The van der Waals surface area contributed by atoms with Crippen LogP contribution in [0.2, 0.25) is 0 Å². The van der Waals surface area contributed by atoms with Gasteiger partial charge in [0.05, 0.1) is 6.61 Å². The maximum Gasteiger partial charge on any atom is 0.246 e. The number of hydrogen-bond acceptors (Lipinski definition) is 4. The van der Waals surface area contributed by atoms with Crippen molar-refractivity contribution in [3.8, 4) is 11.5 Å². The average Bonchev–Trinajstić information content (AvgIpc) is 3.11. The van der Waals surface area contributed by atoms with Crippen LogP contribution in [0.25, 0.3) is 6.08 Å². The summed E-state index contributed by atoms with van der Waals surface area (Å²) in [5, 5.41) is 0. The molecule has 1 amide bonds. The van der Waals surface area contributed by atoms with Crippen molar-refractivity contribution in [1.82, 2.24) is 4.90 Å². The van der Waals surface area contributed by atoms with Crippen molar-refractivity contribution in [2.45, 2.75) is 26.4 Å². The molecule has 0 unspecified atom stereocenters. The monoisotopic (exact) mass is 410 g/mol. The number of amides is 1. The van der Waals surface area contributed by atoms with E-state index in [4.69, 9.17) is 9.47 Å². The van der Waals surface area contributed by atoms with Crippen molar-refractivity contribution in [3.63, 3.8) is 0 Å². The first kappa shape index (κ1) is 20.3. The summed E-state index contributed by atoms with van der Waals surface area (Å²) in [7, 11) is 0. The van der Waals surface area contributed by atoms with E-state index in [1.165, 1.54) is 12.1 Å². The molecule has 2 heterocycles. The molecular formula is C24H27FN2O3. The van der Waals surface area contributed by atoms with Crippen LogP contribution in [0.5, 0.6) is 11.5 Å². The van der Waals surface area contributed by atoms with Crippen LogP contribution in [-0.4, -0.2) is 49.7 Å². The molecule has 5 nitrogen and oxygen atoms in total. The number of nitrogens with zero attached hydrogens (tertiary/aromatic N) is 2. The largest absolute Gasteiger partial charge is 0.493 e. The Bertz CT molecular complexity index is 934. The predicted octanol–water partition coefficient (Wildman–Crippen LogP) is 3.91. The van der Waals surface area contributed by atoms with E-state index in [9.17, 15) is 9.18 Å². The lowest BCUT2D eigenvalue weighted by atomic mass is 10.1. The molecule has 2 aromatic rings. The summed E-state index contributed by atoms with van der Waals surface area (Å²) in [5.41, 5.74) is 2.97. The van der Waals surface area contributed by atoms with Crippen LogP contribution in [0.3, 0.4) is 0 Å². The third-order valence-corrected chi connectivity index (χ3v) is 5.52. The maximum absolute atomic E-state index is 13.1. The van der Waals surface area contributed by atoms with Gasteiger partial charge in [0.25, 0.3) is 0 Å². The van der Waals surface area contributed by atoms with E-state index in [0.29, 0.717) is 19.7 Å². The van der Waals surface area contributed by atoms with Crippen molar-refractivity contribution in [2.75, 3.05) is 37.7 Å². The van der Waals surface area contributed by atoms with Gasteiger partial charge in [-0.3, -0.25) is 4.79 Å². The number of carbonyl (C=O) groups excluding carboxylic acids is 1. The van der Waals surface area contributed by atoms with Crippen LogP contribution < -0.4 is 14.4 Å². The van der Waals surface area contributed by atoms with E-state index < -0.39 is 0 Å². The Morgan fingerprint density at radius 2 is 1.93 bits per heavy atom. The van der Waals surface area contributed by atoms with E-state index >= 15 is 0 Å². The Kier molecular flexibility index (Phi) is 5.93. The molecule has 0 bridgehead atoms. The van der Waals surface area contributed by atoms with Crippen molar-refractivity contribution < 1.29 is 18.7 Å². The second-order valence-electron chi connectivity index (χ2n) is 7.69. The molecule has 6 heteroatoms. The van der Waals surface area contributed by atoms with Gasteiger partial charge in [-0.2, -0.15) is 0 Å². The lowest BCUT2D eigenvalue weighted by molar-refractivity contribution is -0.126. The highest BCUT2D eigenvalue weighted by atomic mass is 19.1. The van der Waals surface area contributed by atoms with Gasteiger partial charge in [-0.05, 0) is 56.3 Å². The number of anilines is 1. The van der Waals surface area contributed by atoms with E-state index in [0.717, 1.165) is 47.8 Å². The SMILES string of the molecule is CCOc1cc2c(cc1/C=C/C(=O)N1CCN(c3ccc(F)cc3)CC1)O[C@@H](C)C2. The van der Waals surface area contributed by atoms with Gasteiger partial charge in [-0.1, -0.05) is 0 Å². The average molecular weight is 410 g/mol. The number of piperazine rings is 1. The highest BCUT2D eigenvalue weighted by Crippen LogP contribution is 2.35. The maximum atomic E-state index is 13.1. The Morgan fingerprint density at radius 1 is 1.20 bits per heavy atom. The highest BCUT2D eigenvalue weighted by molar-refractivity contribution is 5.92. The molecule has 2 aliphatic heterocycles. The van der Waals surface area contributed by atoms with Crippen LogP contribution in [0, 0.1) is 5.82 Å². The zero-order chi connectivity index (χ0) is 21.1. The molecule has 0 saturated carbocycles. The Morgan fingerprint density at radius 3 is 2.63 bits per heavy atom. The number of halogens is 1. The molecule has 30 heavy (non-hydrogen) atoms. The lowest BCUT2D eigenvalue weighted by Crippen LogP contribution is -2.48. The van der Waals surface area contributed by atoms with Crippen LogP contribution >= 0.6 is 0 Å². The molecule has 0 spiro atoms. The molecular weight excluding hydrogens is 383 g/mol. The summed E-state index contributed by atoms with van der Waals surface area (Å²) in [6.45, 7) is 7.26. The first-order valence-corrected chi connectivity index (χ1v) is 10.5. The van der Waals surface area contributed by atoms with E-state index in [2.05, 4.69) is 4.90 Å². The van der Waals surface area contributed by atoms with Gasteiger partial charge in [0.15, 0.2) is 0 Å². The fourth-order valence-electron chi connectivity index (χ4n) is 3.97. The van der Waals surface area contributed by atoms with Gasteiger partial charge < -0.3 is 19.3 Å². The van der Waals surface area contributed by atoms with E-state index in [1.807, 2.05) is 37.0 Å². The number of hydrogen-bond donors (Lipinski definition) is 0. The molecule has 2 aromatic carbocycles. The van der Waals surface area contributed by atoms with Gasteiger partial charge in [0.2, 0.25) is 5.91 Å². The second-order valence-corrected chi connectivity index (χ2v) is 7.69. The van der Waals surface area contributed by atoms with Crippen molar-refractivity contribution >= 4 is 17.7 Å². The summed E-state index contributed by atoms with van der Waals surface area (Å²) in [6, 6.07) is 10.5. The van der Waals surface area contributed by atoms with Gasteiger partial charge in [-0.25, -0.2) is 4.39 Å².